The van der Waals surface area contributed by atoms with E-state index in [0.29, 0.717) is 12.2 Å². The van der Waals surface area contributed by atoms with E-state index in [2.05, 4.69) is 0 Å². The maximum Gasteiger partial charge on any atom is 0.272 e. The van der Waals surface area contributed by atoms with Crippen molar-refractivity contribution < 1.29 is 14.1 Å². The van der Waals surface area contributed by atoms with E-state index in [-0.39, 0.29) is 5.69 Å². The van der Waals surface area contributed by atoms with Gasteiger partial charge in [0.2, 0.25) is 0 Å². The maximum absolute atomic E-state index is 13.4. The zero-order chi connectivity index (χ0) is 10.3. The predicted molar refractivity (Wildman–Crippen MR) is 46.4 cm³/mol. The molecule has 1 unspecified atom stereocenters. The molecule has 1 heterocycles. The minimum atomic E-state index is -0.622. The Balaban J connectivity index is 2.41. The molecule has 0 radical (unpaired) electrons. The van der Waals surface area contributed by atoms with Crippen molar-refractivity contribution in [2.75, 3.05) is 6.61 Å². The zero-order valence-electron chi connectivity index (χ0n) is 7.49. The van der Waals surface area contributed by atoms with Gasteiger partial charge in [-0.25, -0.2) is 4.39 Å². The van der Waals surface area contributed by atoms with Crippen molar-refractivity contribution in [2.24, 2.45) is 0 Å². The van der Waals surface area contributed by atoms with Gasteiger partial charge in [0.15, 0.2) is 0 Å². The fourth-order valence-corrected chi connectivity index (χ4v) is 1.31. The fourth-order valence-electron chi connectivity index (χ4n) is 1.31. The van der Waals surface area contributed by atoms with Crippen molar-refractivity contribution in [3.05, 3.63) is 39.7 Å². The van der Waals surface area contributed by atoms with Crippen molar-refractivity contribution in [3.8, 4) is 0 Å². The third-order valence-electron chi connectivity index (χ3n) is 2.31. The first-order valence-corrected chi connectivity index (χ1v) is 4.11. The third-order valence-corrected chi connectivity index (χ3v) is 2.31. The Bertz CT molecular complexity index is 401. The smallest absolute Gasteiger partial charge is 0.272 e. The summed E-state index contributed by atoms with van der Waals surface area (Å²) in [5.74, 6) is -0.584. The highest BCUT2D eigenvalue weighted by Crippen LogP contribution is 2.39. The first-order valence-electron chi connectivity index (χ1n) is 4.11. The lowest BCUT2D eigenvalue weighted by Gasteiger charge is -2.05. The molecule has 0 spiro atoms. The van der Waals surface area contributed by atoms with Crippen LogP contribution in [0.1, 0.15) is 12.5 Å². The van der Waals surface area contributed by atoms with Crippen LogP contribution in [0.2, 0.25) is 0 Å². The van der Waals surface area contributed by atoms with E-state index in [0.717, 1.165) is 6.07 Å². The number of halogens is 1. The molecule has 1 aromatic carbocycles. The molecule has 0 saturated carbocycles. The first kappa shape index (κ1) is 9.08. The van der Waals surface area contributed by atoms with Crippen molar-refractivity contribution in [2.45, 2.75) is 12.5 Å². The van der Waals surface area contributed by atoms with Gasteiger partial charge in [0.1, 0.15) is 11.4 Å². The van der Waals surface area contributed by atoms with Gasteiger partial charge >= 0.3 is 0 Å². The van der Waals surface area contributed by atoms with Gasteiger partial charge in [0.25, 0.3) is 5.69 Å². The second-order valence-electron chi connectivity index (χ2n) is 3.44. The molecule has 1 saturated heterocycles. The maximum atomic E-state index is 13.4. The van der Waals surface area contributed by atoms with E-state index < -0.39 is 16.3 Å². The first-order chi connectivity index (χ1) is 6.53. The summed E-state index contributed by atoms with van der Waals surface area (Å²) in [6, 6.07) is 3.61. The Morgan fingerprint density at radius 3 is 2.71 bits per heavy atom. The molecule has 0 aromatic heterocycles. The molecule has 0 N–H and O–H groups in total. The fraction of sp³-hybridized carbons (Fsp3) is 0.333. The molecule has 0 bridgehead atoms. The van der Waals surface area contributed by atoms with Crippen LogP contribution in [0.3, 0.4) is 0 Å². The van der Waals surface area contributed by atoms with Crippen LogP contribution in [0, 0.1) is 15.9 Å². The molecule has 1 aliphatic heterocycles. The molecule has 14 heavy (non-hydrogen) atoms. The summed E-state index contributed by atoms with van der Waals surface area (Å²) in [4.78, 5) is 9.72. The molecule has 0 amide bonds. The Hall–Kier alpha value is -1.49. The highest BCUT2D eigenvalue weighted by molar-refractivity contribution is 5.38. The summed E-state index contributed by atoms with van der Waals surface area (Å²) < 4.78 is 18.4. The van der Waals surface area contributed by atoms with Gasteiger partial charge < -0.3 is 4.74 Å². The number of epoxide rings is 1. The van der Waals surface area contributed by atoms with E-state index >= 15 is 0 Å². The predicted octanol–water partition coefficient (Wildman–Crippen LogP) is 1.98. The second kappa shape index (κ2) is 2.75. The summed E-state index contributed by atoms with van der Waals surface area (Å²) in [5.41, 5.74) is -0.447. The third kappa shape index (κ3) is 1.35. The SMILES string of the molecule is CC1(c2ccc([N+](=O)[O-])cc2F)CO1. The Kier molecular flexibility index (Phi) is 1.78. The van der Waals surface area contributed by atoms with Crippen LogP contribution < -0.4 is 0 Å². The summed E-state index contributed by atoms with van der Waals surface area (Å²) >= 11 is 0. The Morgan fingerprint density at radius 2 is 2.29 bits per heavy atom. The van der Waals surface area contributed by atoms with E-state index in [9.17, 15) is 14.5 Å². The summed E-state index contributed by atoms with van der Waals surface area (Å²) in [7, 11) is 0. The molecule has 74 valence electrons. The van der Waals surface area contributed by atoms with E-state index in [1.54, 1.807) is 6.92 Å². The second-order valence-corrected chi connectivity index (χ2v) is 3.44. The molecule has 1 aliphatic rings. The van der Waals surface area contributed by atoms with Gasteiger partial charge in [-0.1, -0.05) is 0 Å². The van der Waals surface area contributed by atoms with Crippen molar-refractivity contribution in [3.63, 3.8) is 0 Å². The van der Waals surface area contributed by atoms with Gasteiger partial charge in [-0.3, -0.25) is 10.1 Å². The van der Waals surface area contributed by atoms with Crippen molar-refractivity contribution in [1.29, 1.82) is 0 Å². The Labute approximate surface area is 79.5 Å². The highest BCUT2D eigenvalue weighted by atomic mass is 19.1. The van der Waals surface area contributed by atoms with Crippen LogP contribution in [-0.2, 0) is 10.3 Å². The standard InChI is InChI=1S/C9H8FNO3/c1-9(5-14-9)7-3-2-6(11(12)13)4-8(7)10/h2-4H,5H2,1H3. The quantitative estimate of drug-likeness (QED) is 0.413. The highest BCUT2D eigenvalue weighted by Gasteiger charge is 2.43. The van der Waals surface area contributed by atoms with Crippen LogP contribution in [0.4, 0.5) is 10.1 Å². The average Bonchev–Trinajstić information content (AvgIpc) is 2.84. The van der Waals surface area contributed by atoms with Crippen molar-refractivity contribution >= 4 is 5.69 Å². The molecular weight excluding hydrogens is 189 g/mol. The summed E-state index contributed by atoms with van der Waals surface area (Å²) in [6.45, 7) is 2.21. The number of nitro benzene ring substituents is 1. The minimum Gasteiger partial charge on any atom is -0.365 e. The largest absolute Gasteiger partial charge is 0.365 e. The minimum absolute atomic E-state index is 0.240. The van der Waals surface area contributed by atoms with Gasteiger partial charge in [-0.15, -0.1) is 0 Å². The molecular formula is C9H8FNO3. The molecule has 5 heteroatoms. The number of rotatable bonds is 2. The van der Waals surface area contributed by atoms with Gasteiger partial charge in [-0.05, 0) is 13.0 Å². The Morgan fingerprint density at radius 1 is 1.64 bits per heavy atom. The van der Waals surface area contributed by atoms with Crippen LogP contribution in [-0.4, -0.2) is 11.5 Å². The summed E-state index contributed by atoms with van der Waals surface area (Å²) in [5, 5.41) is 10.3. The van der Waals surface area contributed by atoms with Gasteiger partial charge in [-0.2, -0.15) is 0 Å². The molecule has 2 rings (SSSR count). The molecule has 4 nitrogen and oxygen atoms in total. The summed E-state index contributed by atoms with van der Waals surface area (Å²) in [6.07, 6.45) is 0. The lowest BCUT2D eigenvalue weighted by atomic mass is 10.0. The lowest BCUT2D eigenvalue weighted by molar-refractivity contribution is -0.385. The lowest BCUT2D eigenvalue weighted by Crippen LogP contribution is -2.05. The number of benzene rings is 1. The van der Waals surface area contributed by atoms with Crippen molar-refractivity contribution in [1.82, 2.24) is 0 Å². The van der Waals surface area contributed by atoms with Crippen LogP contribution in [0.15, 0.2) is 18.2 Å². The molecule has 1 fully saturated rings. The number of hydrogen-bond acceptors (Lipinski definition) is 3. The van der Waals surface area contributed by atoms with E-state index in [4.69, 9.17) is 4.74 Å². The van der Waals surface area contributed by atoms with Crippen LogP contribution in [0.5, 0.6) is 0 Å². The average molecular weight is 197 g/mol. The number of nitrogens with zero attached hydrogens (tertiary/aromatic N) is 1. The number of ether oxygens (including phenoxy) is 1. The molecule has 0 aliphatic carbocycles. The monoisotopic (exact) mass is 197 g/mol. The zero-order valence-corrected chi connectivity index (χ0v) is 7.49. The van der Waals surface area contributed by atoms with Gasteiger partial charge in [0.05, 0.1) is 17.6 Å². The number of nitro groups is 1. The van der Waals surface area contributed by atoms with Crippen LogP contribution in [0.25, 0.3) is 0 Å². The van der Waals surface area contributed by atoms with Crippen LogP contribution >= 0.6 is 0 Å². The topological polar surface area (TPSA) is 55.7 Å². The van der Waals surface area contributed by atoms with E-state index in [1.807, 2.05) is 0 Å². The van der Waals surface area contributed by atoms with Gasteiger partial charge in [0, 0.05) is 11.6 Å². The molecule has 1 atom stereocenters. The van der Waals surface area contributed by atoms with E-state index in [1.165, 1.54) is 12.1 Å². The number of non-ortho nitro benzene ring substituents is 1. The molecule has 1 aromatic rings. The number of hydrogen-bond donors (Lipinski definition) is 0. The normalized spacial score (nSPS) is 24.7.